The molecule has 29 heavy (non-hydrogen) atoms. The zero-order chi connectivity index (χ0) is 20.5. The lowest BCUT2D eigenvalue weighted by molar-refractivity contribution is -0.118. The van der Waals surface area contributed by atoms with Gasteiger partial charge in [0, 0.05) is 11.8 Å². The van der Waals surface area contributed by atoms with Crippen molar-refractivity contribution >= 4 is 33.5 Å². The molecule has 0 bridgehead atoms. The summed E-state index contributed by atoms with van der Waals surface area (Å²) in [5.41, 5.74) is 4.31. The Morgan fingerprint density at radius 2 is 1.62 bits per heavy atom. The highest BCUT2D eigenvalue weighted by Gasteiger charge is 2.12. The lowest BCUT2D eigenvalue weighted by Crippen LogP contribution is -2.20. The van der Waals surface area contributed by atoms with E-state index in [2.05, 4.69) is 5.32 Å². The lowest BCUT2D eigenvalue weighted by atomic mass is 10.1. The van der Waals surface area contributed by atoms with Crippen molar-refractivity contribution in [3.05, 3.63) is 81.5 Å². The predicted molar refractivity (Wildman–Crippen MR) is 115 cm³/mol. The first-order chi connectivity index (χ1) is 13.9. The summed E-state index contributed by atoms with van der Waals surface area (Å²) in [7, 11) is 0. The molecule has 5 nitrogen and oxygen atoms in total. The number of rotatable bonds is 4. The van der Waals surface area contributed by atoms with Crippen LogP contribution in [0.25, 0.3) is 21.9 Å². The first-order valence-corrected chi connectivity index (χ1v) is 9.39. The first kappa shape index (κ1) is 18.7. The molecule has 1 N–H and O–H groups in total. The molecule has 0 saturated carbocycles. The van der Waals surface area contributed by atoms with Crippen LogP contribution in [0.15, 0.2) is 63.8 Å². The molecule has 146 valence electrons. The van der Waals surface area contributed by atoms with Crippen molar-refractivity contribution < 1.29 is 13.9 Å². The van der Waals surface area contributed by atoms with Gasteiger partial charge in [-0.1, -0.05) is 30.3 Å². The van der Waals surface area contributed by atoms with E-state index in [0.29, 0.717) is 33.4 Å². The Labute approximate surface area is 167 Å². The molecule has 0 atom stereocenters. The Bertz CT molecular complexity index is 1280. The Hall–Kier alpha value is -3.60. The second-order valence-corrected chi connectivity index (χ2v) is 7.15. The van der Waals surface area contributed by atoms with E-state index in [4.69, 9.17) is 9.15 Å². The fraction of sp³-hybridized carbons (Fsp3) is 0.167. The van der Waals surface area contributed by atoms with Crippen molar-refractivity contribution in [2.45, 2.75) is 20.8 Å². The third kappa shape index (κ3) is 3.59. The van der Waals surface area contributed by atoms with Crippen LogP contribution in [0.2, 0.25) is 0 Å². The molecule has 0 saturated heterocycles. The largest absolute Gasteiger partial charge is 0.483 e. The van der Waals surface area contributed by atoms with Gasteiger partial charge in [0.05, 0.1) is 10.8 Å². The van der Waals surface area contributed by atoms with Gasteiger partial charge in [-0.25, -0.2) is 0 Å². The van der Waals surface area contributed by atoms with E-state index >= 15 is 0 Å². The summed E-state index contributed by atoms with van der Waals surface area (Å²) in [6.07, 6.45) is 0. The molecule has 4 rings (SSSR count). The molecule has 0 spiro atoms. The van der Waals surface area contributed by atoms with E-state index in [0.717, 1.165) is 16.7 Å². The topological polar surface area (TPSA) is 68.5 Å². The number of para-hydroxylation sites is 2. The minimum absolute atomic E-state index is 0.0822. The van der Waals surface area contributed by atoms with Crippen LogP contribution in [0.5, 0.6) is 5.75 Å². The van der Waals surface area contributed by atoms with Crippen LogP contribution < -0.4 is 15.5 Å². The third-order valence-electron chi connectivity index (χ3n) is 4.93. The smallest absolute Gasteiger partial charge is 0.262 e. The van der Waals surface area contributed by atoms with Crippen LogP contribution in [0.3, 0.4) is 0 Å². The molecule has 1 aromatic heterocycles. The first-order valence-electron chi connectivity index (χ1n) is 9.39. The fourth-order valence-corrected chi connectivity index (χ4v) is 3.46. The van der Waals surface area contributed by atoms with Gasteiger partial charge in [0.25, 0.3) is 5.91 Å². The van der Waals surface area contributed by atoms with Crippen molar-refractivity contribution in [1.82, 2.24) is 0 Å². The van der Waals surface area contributed by atoms with Gasteiger partial charge in [-0.05, 0) is 55.7 Å². The summed E-state index contributed by atoms with van der Waals surface area (Å²) >= 11 is 0. The number of anilines is 1. The van der Waals surface area contributed by atoms with Gasteiger partial charge in [-0.3, -0.25) is 9.59 Å². The third-order valence-corrected chi connectivity index (χ3v) is 4.93. The Balaban J connectivity index is 1.58. The van der Waals surface area contributed by atoms with Crippen LogP contribution >= 0.6 is 0 Å². The number of carbonyl (C=O) groups is 1. The van der Waals surface area contributed by atoms with Gasteiger partial charge in [0.2, 0.25) is 5.43 Å². The minimum Gasteiger partial charge on any atom is -0.483 e. The highest BCUT2D eigenvalue weighted by Crippen LogP contribution is 2.24. The number of ether oxygens (including phenoxy) is 1. The van der Waals surface area contributed by atoms with Crippen molar-refractivity contribution in [2.24, 2.45) is 0 Å². The Morgan fingerprint density at radius 3 is 2.38 bits per heavy atom. The number of fused-ring (bicyclic) bond motifs is 2. The molecule has 1 amide bonds. The van der Waals surface area contributed by atoms with Crippen molar-refractivity contribution in [1.29, 1.82) is 0 Å². The van der Waals surface area contributed by atoms with Gasteiger partial charge < -0.3 is 14.5 Å². The molecular weight excluding hydrogens is 366 g/mol. The zero-order valence-electron chi connectivity index (χ0n) is 16.5. The molecule has 0 unspecified atom stereocenters. The van der Waals surface area contributed by atoms with Crippen molar-refractivity contribution in [3.63, 3.8) is 0 Å². The molecule has 0 radical (unpaired) electrons. The number of hydrogen-bond donors (Lipinski definition) is 1. The minimum atomic E-state index is -0.286. The average Bonchev–Trinajstić information content (AvgIpc) is 2.68. The highest BCUT2D eigenvalue weighted by atomic mass is 16.5. The number of carbonyl (C=O) groups excluding carboxylic acids is 1. The summed E-state index contributed by atoms with van der Waals surface area (Å²) in [5, 5.41) is 3.83. The molecular formula is C24H21NO4. The summed E-state index contributed by atoms with van der Waals surface area (Å²) in [5.74, 6) is 0.431. The van der Waals surface area contributed by atoms with Gasteiger partial charge in [0.1, 0.15) is 16.9 Å². The quantitative estimate of drug-likeness (QED) is 0.506. The van der Waals surface area contributed by atoms with Gasteiger partial charge >= 0.3 is 0 Å². The van der Waals surface area contributed by atoms with E-state index in [1.54, 1.807) is 24.3 Å². The fourth-order valence-electron chi connectivity index (χ4n) is 3.46. The molecule has 0 aliphatic carbocycles. The van der Waals surface area contributed by atoms with Gasteiger partial charge in [-0.15, -0.1) is 0 Å². The second kappa shape index (κ2) is 7.43. The predicted octanol–water partition coefficient (Wildman–Crippen LogP) is 4.89. The molecule has 4 aromatic rings. The number of benzene rings is 3. The summed E-state index contributed by atoms with van der Waals surface area (Å²) < 4.78 is 11.7. The molecule has 0 aliphatic rings. The van der Waals surface area contributed by atoms with Crippen molar-refractivity contribution in [3.8, 4) is 5.75 Å². The molecule has 0 aliphatic heterocycles. The number of amides is 1. The number of nitrogens with one attached hydrogen (secondary N) is 1. The van der Waals surface area contributed by atoms with E-state index in [1.165, 1.54) is 0 Å². The average molecular weight is 387 g/mol. The summed E-state index contributed by atoms with van der Waals surface area (Å²) in [6, 6.07) is 16.4. The number of hydrogen-bond acceptors (Lipinski definition) is 4. The van der Waals surface area contributed by atoms with E-state index in [9.17, 15) is 9.59 Å². The summed E-state index contributed by atoms with van der Waals surface area (Å²) in [6.45, 7) is 5.67. The summed E-state index contributed by atoms with van der Waals surface area (Å²) in [4.78, 5) is 25.1. The highest BCUT2D eigenvalue weighted by molar-refractivity contribution is 5.96. The van der Waals surface area contributed by atoms with E-state index < -0.39 is 0 Å². The van der Waals surface area contributed by atoms with Crippen LogP contribution in [0.4, 0.5) is 5.69 Å². The second-order valence-electron chi connectivity index (χ2n) is 7.15. The Morgan fingerprint density at radius 1 is 0.931 bits per heavy atom. The van der Waals surface area contributed by atoms with E-state index in [1.807, 2.05) is 51.1 Å². The van der Waals surface area contributed by atoms with Crippen LogP contribution in [-0.2, 0) is 4.79 Å². The van der Waals surface area contributed by atoms with Gasteiger partial charge in [-0.2, -0.15) is 0 Å². The van der Waals surface area contributed by atoms with Gasteiger partial charge in [0.15, 0.2) is 6.61 Å². The number of aryl methyl sites for hydroxylation is 3. The normalized spacial score (nSPS) is 11.0. The maximum atomic E-state index is 12.7. The maximum absolute atomic E-state index is 12.7. The molecule has 5 heteroatoms. The maximum Gasteiger partial charge on any atom is 0.262 e. The molecule has 0 fully saturated rings. The zero-order valence-corrected chi connectivity index (χ0v) is 16.5. The van der Waals surface area contributed by atoms with E-state index in [-0.39, 0.29) is 17.9 Å². The van der Waals surface area contributed by atoms with Crippen LogP contribution in [-0.4, -0.2) is 12.5 Å². The standard InChI is InChI=1S/C24H21NO4/c1-14-6-4-7-15(2)23(14)28-13-21(26)25-17-10-11-18-20(12-17)29-24-16(3)8-5-9-19(24)22(18)27/h4-12H,13H2,1-3H3,(H,25,26). The SMILES string of the molecule is Cc1cccc(C)c1OCC(=O)Nc1ccc2c(=O)c3cccc(C)c3oc2c1. The molecule has 3 aromatic carbocycles. The van der Waals surface area contributed by atoms with Crippen LogP contribution in [0.1, 0.15) is 16.7 Å². The van der Waals surface area contributed by atoms with Crippen molar-refractivity contribution in [2.75, 3.05) is 11.9 Å². The monoisotopic (exact) mass is 387 g/mol. The Kier molecular flexibility index (Phi) is 4.80. The lowest BCUT2D eigenvalue weighted by Gasteiger charge is -2.12. The van der Waals surface area contributed by atoms with Crippen LogP contribution in [0, 0.1) is 20.8 Å². The molecule has 1 heterocycles.